The molecule has 4 rings (SSSR count). The number of aromatic nitrogens is 2. The molecule has 2 aromatic heterocycles. The van der Waals surface area contributed by atoms with E-state index in [4.69, 9.17) is 9.47 Å². The Morgan fingerprint density at radius 3 is 2.77 bits per heavy atom. The van der Waals surface area contributed by atoms with Crippen LogP contribution in [0.3, 0.4) is 0 Å². The van der Waals surface area contributed by atoms with Gasteiger partial charge in [0.25, 0.3) is 0 Å². The lowest BCUT2D eigenvalue weighted by Gasteiger charge is -2.15. The van der Waals surface area contributed by atoms with Crippen molar-refractivity contribution in [3.63, 3.8) is 0 Å². The van der Waals surface area contributed by atoms with Crippen LogP contribution in [0.5, 0.6) is 11.5 Å². The second-order valence-electron chi connectivity index (χ2n) is 6.45. The number of likely N-dealkylation sites (tertiary alicyclic amines) is 1. The predicted octanol–water partition coefficient (Wildman–Crippen LogP) is 4.15. The fourth-order valence-corrected chi connectivity index (χ4v) is 3.56. The molecule has 3 heterocycles. The normalized spacial score (nSPS) is 14.7. The maximum Gasteiger partial charge on any atom is 0.222 e. The molecule has 140 valence electrons. The summed E-state index contributed by atoms with van der Waals surface area (Å²) in [6.45, 7) is 4.09. The molecule has 1 aliphatic rings. The molecule has 26 heavy (non-hydrogen) atoms. The zero-order chi connectivity index (χ0) is 17.2. The number of ether oxygens (including phenoxy) is 2. The van der Waals surface area contributed by atoms with Gasteiger partial charge in [-0.3, -0.25) is 0 Å². The Balaban J connectivity index is 0.00000196. The molecule has 1 aliphatic heterocycles. The number of aromatic amines is 1. The molecule has 1 N–H and O–H groups in total. The predicted molar refractivity (Wildman–Crippen MR) is 103 cm³/mol. The number of methoxy groups -OCH3 is 1. The van der Waals surface area contributed by atoms with E-state index in [1.807, 2.05) is 12.1 Å². The van der Waals surface area contributed by atoms with Crippen molar-refractivity contribution in [3.8, 4) is 11.5 Å². The topological polar surface area (TPSA) is 50.4 Å². The van der Waals surface area contributed by atoms with Crippen LogP contribution in [0.1, 0.15) is 19.3 Å². The average molecular weight is 380 g/mol. The maximum atomic E-state index is 14.1. The van der Waals surface area contributed by atoms with Crippen LogP contribution in [-0.4, -0.2) is 48.2 Å². The monoisotopic (exact) mass is 379 g/mol. The third-order valence-corrected chi connectivity index (χ3v) is 4.82. The Hall–Kier alpha value is -2.05. The number of benzene rings is 1. The number of H-pyrrole nitrogens is 1. The molecule has 0 unspecified atom stereocenters. The van der Waals surface area contributed by atoms with Gasteiger partial charge in [0.1, 0.15) is 0 Å². The number of nitrogens with zero attached hydrogens (tertiary/aromatic N) is 2. The molecule has 0 aliphatic carbocycles. The van der Waals surface area contributed by atoms with Gasteiger partial charge < -0.3 is 19.4 Å². The summed E-state index contributed by atoms with van der Waals surface area (Å²) in [5.41, 5.74) is 1.54. The Bertz CT molecular complexity index is 893. The maximum absolute atomic E-state index is 14.1. The van der Waals surface area contributed by atoms with Gasteiger partial charge in [-0.25, -0.2) is 4.98 Å². The molecule has 0 saturated carbocycles. The summed E-state index contributed by atoms with van der Waals surface area (Å²) in [6.07, 6.45) is 5.04. The van der Waals surface area contributed by atoms with Crippen LogP contribution in [0.2, 0.25) is 0 Å². The molecule has 0 spiro atoms. The summed E-state index contributed by atoms with van der Waals surface area (Å²) in [7, 11) is 1.60. The Kier molecular flexibility index (Phi) is 5.84. The van der Waals surface area contributed by atoms with Gasteiger partial charge in [0.05, 0.1) is 30.1 Å². The van der Waals surface area contributed by atoms with Gasteiger partial charge in [-0.15, -0.1) is 12.4 Å². The van der Waals surface area contributed by atoms with Crippen molar-refractivity contribution >= 4 is 34.2 Å². The van der Waals surface area contributed by atoms with E-state index in [0.717, 1.165) is 29.4 Å². The molecule has 1 aromatic carbocycles. The third kappa shape index (κ3) is 3.57. The number of hydrogen-bond donors (Lipinski definition) is 1. The van der Waals surface area contributed by atoms with Crippen LogP contribution in [0.25, 0.3) is 21.8 Å². The summed E-state index contributed by atoms with van der Waals surface area (Å²) < 4.78 is 25.5. The van der Waals surface area contributed by atoms with Gasteiger partial charge in [-0.2, -0.15) is 4.39 Å². The van der Waals surface area contributed by atoms with Crippen molar-refractivity contribution in [2.75, 3.05) is 33.4 Å². The van der Waals surface area contributed by atoms with Gasteiger partial charge in [-0.05, 0) is 44.5 Å². The summed E-state index contributed by atoms with van der Waals surface area (Å²) in [5, 5.41) is 1.23. The van der Waals surface area contributed by atoms with Crippen molar-refractivity contribution in [2.45, 2.75) is 19.3 Å². The van der Waals surface area contributed by atoms with Crippen LogP contribution in [0.4, 0.5) is 4.39 Å². The minimum Gasteiger partial charge on any atom is -0.493 e. The molecule has 0 atom stereocenters. The van der Waals surface area contributed by atoms with Crippen molar-refractivity contribution in [3.05, 3.63) is 30.3 Å². The fourth-order valence-electron chi connectivity index (χ4n) is 3.56. The van der Waals surface area contributed by atoms with Gasteiger partial charge in [-0.1, -0.05) is 0 Å². The number of pyridine rings is 1. The quantitative estimate of drug-likeness (QED) is 0.516. The van der Waals surface area contributed by atoms with E-state index in [1.54, 1.807) is 13.2 Å². The molecule has 3 aromatic rings. The SMILES string of the molecule is COc1cc2c(cc1OCCCN1CCCC1)[nH]c1ccnc(F)c12.Cl. The molecule has 1 fully saturated rings. The van der Waals surface area contributed by atoms with Crippen molar-refractivity contribution in [1.29, 1.82) is 0 Å². The Morgan fingerprint density at radius 1 is 1.19 bits per heavy atom. The molecule has 0 amide bonds. The number of nitrogens with one attached hydrogen (secondary N) is 1. The first-order valence-electron chi connectivity index (χ1n) is 8.75. The summed E-state index contributed by atoms with van der Waals surface area (Å²) >= 11 is 0. The van der Waals surface area contributed by atoms with Crippen LogP contribution in [-0.2, 0) is 0 Å². The molecule has 7 heteroatoms. The van der Waals surface area contributed by atoms with Crippen molar-refractivity contribution in [2.24, 2.45) is 0 Å². The van der Waals surface area contributed by atoms with Gasteiger partial charge in [0, 0.05) is 24.2 Å². The van der Waals surface area contributed by atoms with E-state index < -0.39 is 5.95 Å². The minimum atomic E-state index is -0.481. The molecule has 5 nitrogen and oxygen atoms in total. The van der Waals surface area contributed by atoms with Gasteiger partial charge in [0.2, 0.25) is 5.95 Å². The number of fused-ring (bicyclic) bond motifs is 3. The van der Waals surface area contributed by atoms with Crippen LogP contribution < -0.4 is 9.47 Å². The molecule has 0 radical (unpaired) electrons. The standard InChI is InChI=1S/C19H22FN3O2.ClH/c1-24-16-11-13-15(22-14-5-6-21-19(20)18(13)14)12-17(16)25-10-4-9-23-7-2-3-8-23;/h5-6,11-12,22H,2-4,7-10H2,1H3;1H. The van der Waals surface area contributed by atoms with E-state index in [0.29, 0.717) is 23.5 Å². The summed E-state index contributed by atoms with van der Waals surface area (Å²) in [6, 6.07) is 5.46. The first kappa shape index (κ1) is 18.7. The number of rotatable bonds is 6. The van der Waals surface area contributed by atoms with Crippen LogP contribution >= 0.6 is 12.4 Å². The smallest absolute Gasteiger partial charge is 0.222 e. The second kappa shape index (κ2) is 8.10. The lowest BCUT2D eigenvalue weighted by Crippen LogP contribution is -2.21. The average Bonchev–Trinajstić information content (AvgIpc) is 3.25. The Labute approximate surface area is 157 Å². The van der Waals surface area contributed by atoms with E-state index in [-0.39, 0.29) is 12.4 Å². The van der Waals surface area contributed by atoms with E-state index in [2.05, 4.69) is 14.9 Å². The van der Waals surface area contributed by atoms with Gasteiger partial charge in [0.15, 0.2) is 11.5 Å². The lowest BCUT2D eigenvalue weighted by atomic mass is 10.1. The highest BCUT2D eigenvalue weighted by Gasteiger charge is 2.15. The fraction of sp³-hybridized carbons (Fsp3) is 0.421. The number of halogens is 2. The van der Waals surface area contributed by atoms with E-state index in [9.17, 15) is 4.39 Å². The second-order valence-corrected chi connectivity index (χ2v) is 6.45. The zero-order valence-electron chi connectivity index (χ0n) is 14.8. The molecule has 1 saturated heterocycles. The van der Waals surface area contributed by atoms with Crippen molar-refractivity contribution in [1.82, 2.24) is 14.9 Å². The summed E-state index contributed by atoms with van der Waals surface area (Å²) in [5.74, 6) is 0.805. The zero-order valence-corrected chi connectivity index (χ0v) is 15.6. The first-order chi connectivity index (χ1) is 12.3. The van der Waals surface area contributed by atoms with Gasteiger partial charge >= 0.3 is 0 Å². The van der Waals surface area contributed by atoms with E-state index in [1.165, 1.54) is 32.1 Å². The molecular weight excluding hydrogens is 357 g/mol. The summed E-state index contributed by atoms with van der Waals surface area (Å²) in [4.78, 5) is 9.43. The minimum absolute atomic E-state index is 0. The number of hydrogen-bond acceptors (Lipinski definition) is 4. The largest absolute Gasteiger partial charge is 0.493 e. The van der Waals surface area contributed by atoms with Crippen LogP contribution in [0.15, 0.2) is 24.4 Å². The molecular formula is C19H23ClFN3O2. The highest BCUT2D eigenvalue weighted by Crippen LogP contribution is 2.36. The molecule has 0 bridgehead atoms. The highest BCUT2D eigenvalue weighted by atomic mass is 35.5. The lowest BCUT2D eigenvalue weighted by molar-refractivity contribution is 0.254. The highest BCUT2D eigenvalue weighted by molar-refractivity contribution is 6.08. The van der Waals surface area contributed by atoms with Crippen LogP contribution in [0, 0.1) is 5.95 Å². The van der Waals surface area contributed by atoms with E-state index >= 15 is 0 Å². The van der Waals surface area contributed by atoms with Crippen molar-refractivity contribution < 1.29 is 13.9 Å². The first-order valence-corrected chi connectivity index (χ1v) is 8.75. The third-order valence-electron chi connectivity index (χ3n) is 4.82. The Morgan fingerprint density at radius 2 is 2.00 bits per heavy atom.